The molecule has 0 aromatic heterocycles. The standard InChI is InChI=1S/C29H41N3O8/c1-3-9-23(19-26(34)30-14-17-38-18-16-33)27(35)32-15-8-13-24(32)21-39-28(36)25(10-4-2)31-29(37)40-20-22-11-6-5-7-12-22/h3-7,11-12,23-25,33H,1-2,8-10,13-21H2,(H,30,34)(H,31,37)/t23-,24-,25+/m0/s1. The average molecular weight is 560 g/mol. The second-order valence-electron chi connectivity index (χ2n) is 9.35. The molecule has 3 atom stereocenters. The van der Waals surface area contributed by atoms with E-state index in [1.807, 2.05) is 30.3 Å². The van der Waals surface area contributed by atoms with E-state index in [4.69, 9.17) is 19.3 Å². The van der Waals surface area contributed by atoms with Gasteiger partial charge in [-0.1, -0.05) is 42.5 Å². The number of hydrogen-bond acceptors (Lipinski definition) is 8. The second kappa shape index (κ2) is 18.6. The first-order chi connectivity index (χ1) is 19.4. The van der Waals surface area contributed by atoms with Gasteiger partial charge in [-0.15, -0.1) is 13.2 Å². The number of likely N-dealkylation sites (tertiary alicyclic amines) is 1. The van der Waals surface area contributed by atoms with Crippen LogP contribution in [0.4, 0.5) is 4.79 Å². The summed E-state index contributed by atoms with van der Waals surface area (Å²) in [5, 5.41) is 14.0. The quantitative estimate of drug-likeness (QED) is 0.141. The molecule has 1 fully saturated rings. The Morgan fingerprint density at radius 2 is 1.82 bits per heavy atom. The van der Waals surface area contributed by atoms with E-state index in [1.54, 1.807) is 11.0 Å². The van der Waals surface area contributed by atoms with Crippen molar-refractivity contribution < 1.29 is 38.5 Å². The number of benzene rings is 1. The Hall–Kier alpha value is -3.70. The maximum atomic E-state index is 13.3. The zero-order valence-corrected chi connectivity index (χ0v) is 22.9. The zero-order chi connectivity index (χ0) is 29.2. The molecule has 3 amide bonds. The van der Waals surface area contributed by atoms with Gasteiger partial charge in [0.05, 0.1) is 31.8 Å². The summed E-state index contributed by atoms with van der Waals surface area (Å²) in [6, 6.07) is 7.84. The number of amides is 3. The molecule has 3 N–H and O–H groups in total. The summed E-state index contributed by atoms with van der Waals surface area (Å²) < 4.78 is 15.8. The molecular formula is C29H41N3O8. The number of aliphatic hydroxyl groups is 1. The molecule has 0 bridgehead atoms. The highest BCUT2D eigenvalue weighted by atomic mass is 16.6. The highest BCUT2D eigenvalue weighted by molar-refractivity contribution is 5.86. The predicted molar refractivity (Wildman–Crippen MR) is 148 cm³/mol. The van der Waals surface area contributed by atoms with Crippen molar-refractivity contribution in [3.8, 4) is 0 Å². The van der Waals surface area contributed by atoms with Crippen molar-refractivity contribution in [2.45, 2.75) is 50.8 Å². The smallest absolute Gasteiger partial charge is 0.408 e. The molecule has 11 heteroatoms. The van der Waals surface area contributed by atoms with Crippen LogP contribution in [-0.4, -0.2) is 85.5 Å². The molecule has 40 heavy (non-hydrogen) atoms. The third-order valence-electron chi connectivity index (χ3n) is 6.31. The second-order valence-corrected chi connectivity index (χ2v) is 9.35. The number of allylic oxidation sites excluding steroid dienone is 1. The number of nitrogens with one attached hydrogen (secondary N) is 2. The number of carbonyl (C=O) groups is 4. The minimum absolute atomic E-state index is 0.00964. The van der Waals surface area contributed by atoms with Crippen molar-refractivity contribution in [2.75, 3.05) is 39.5 Å². The van der Waals surface area contributed by atoms with E-state index >= 15 is 0 Å². The van der Waals surface area contributed by atoms with Crippen LogP contribution in [0.15, 0.2) is 55.6 Å². The molecule has 1 aromatic rings. The van der Waals surface area contributed by atoms with Gasteiger partial charge in [-0.2, -0.15) is 0 Å². The van der Waals surface area contributed by atoms with Crippen LogP contribution in [0.1, 0.15) is 37.7 Å². The molecule has 220 valence electrons. The molecule has 1 aliphatic rings. The lowest BCUT2D eigenvalue weighted by atomic mass is 9.98. The van der Waals surface area contributed by atoms with Crippen LogP contribution in [-0.2, 0) is 35.2 Å². The minimum Gasteiger partial charge on any atom is -0.462 e. The number of esters is 1. The van der Waals surface area contributed by atoms with Crippen LogP contribution in [0.5, 0.6) is 0 Å². The maximum absolute atomic E-state index is 13.3. The Balaban J connectivity index is 1.87. The molecule has 2 rings (SSSR count). The summed E-state index contributed by atoms with van der Waals surface area (Å²) in [6.45, 7) is 8.50. The van der Waals surface area contributed by atoms with Gasteiger partial charge in [0.2, 0.25) is 11.8 Å². The highest BCUT2D eigenvalue weighted by Crippen LogP contribution is 2.23. The average Bonchev–Trinajstić information content (AvgIpc) is 3.43. The fourth-order valence-electron chi connectivity index (χ4n) is 4.30. The first kappa shape index (κ1) is 32.5. The van der Waals surface area contributed by atoms with Gasteiger partial charge >= 0.3 is 12.1 Å². The van der Waals surface area contributed by atoms with Crippen molar-refractivity contribution in [1.82, 2.24) is 15.5 Å². The third kappa shape index (κ3) is 11.6. The SMILES string of the molecule is C=CC[C@@H](CC(=O)NCCOCCO)C(=O)N1CCC[C@H]1COC(=O)[C@@H](CC=C)NC(=O)OCc1ccccc1. The van der Waals surface area contributed by atoms with Crippen molar-refractivity contribution in [1.29, 1.82) is 0 Å². The Morgan fingerprint density at radius 3 is 2.52 bits per heavy atom. The molecule has 1 saturated heterocycles. The van der Waals surface area contributed by atoms with E-state index in [0.29, 0.717) is 19.4 Å². The number of rotatable bonds is 18. The number of carbonyl (C=O) groups excluding carboxylic acids is 4. The molecular weight excluding hydrogens is 518 g/mol. The topological polar surface area (TPSA) is 143 Å². The summed E-state index contributed by atoms with van der Waals surface area (Å²) in [5.41, 5.74) is 0.811. The van der Waals surface area contributed by atoms with Crippen LogP contribution in [0, 0.1) is 5.92 Å². The van der Waals surface area contributed by atoms with Gasteiger partial charge in [0.1, 0.15) is 19.3 Å². The summed E-state index contributed by atoms with van der Waals surface area (Å²) >= 11 is 0. The predicted octanol–water partition coefficient (Wildman–Crippen LogP) is 2.10. The zero-order valence-electron chi connectivity index (χ0n) is 22.9. The van der Waals surface area contributed by atoms with Crippen LogP contribution < -0.4 is 10.6 Å². The fraction of sp³-hybridized carbons (Fsp3) is 0.517. The lowest BCUT2D eigenvalue weighted by molar-refractivity contribution is -0.150. The summed E-state index contributed by atoms with van der Waals surface area (Å²) in [7, 11) is 0. The lowest BCUT2D eigenvalue weighted by Gasteiger charge is -2.28. The Morgan fingerprint density at radius 1 is 1.07 bits per heavy atom. The van der Waals surface area contributed by atoms with E-state index < -0.39 is 24.0 Å². The van der Waals surface area contributed by atoms with Crippen LogP contribution >= 0.6 is 0 Å². The maximum Gasteiger partial charge on any atom is 0.408 e. The summed E-state index contributed by atoms with van der Waals surface area (Å²) in [6.07, 6.45) is 4.20. The van der Waals surface area contributed by atoms with Gasteiger partial charge in [-0.3, -0.25) is 9.59 Å². The van der Waals surface area contributed by atoms with Crippen LogP contribution in [0.2, 0.25) is 0 Å². The van der Waals surface area contributed by atoms with E-state index in [0.717, 1.165) is 12.0 Å². The Bertz CT molecular complexity index is 971. The first-order valence-corrected chi connectivity index (χ1v) is 13.5. The van der Waals surface area contributed by atoms with Gasteiger partial charge < -0.3 is 34.9 Å². The molecule has 0 saturated carbocycles. The van der Waals surface area contributed by atoms with Gasteiger partial charge in [-0.25, -0.2) is 9.59 Å². The summed E-state index contributed by atoms with van der Waals surface area (Å²) in [4.78, 5) is 52.4. The molecule has 1 aromatic carbocycles. The number of aliphatic hydroxyl groups excluding tert-OH is 1. The van der Waals surface area contributed by atoms with Gasteiger partial charge in [0.15, 0.2) is 0 Å². The molecule has 0 spiro atoms. The van der Waals surface area contributed by atoms with E-state index in [2.05, 4.69) is 23.8 Å². The molecule has 0 aliphatic carbocycles. The molecule has 11 nitrogen and oxygen atoms in total. The third-order valence-corrected chi connectivity index (χ3v) is 6.31. The van der Waals surface area contributed by atoms with Crippen molar-refractivity contribution in [3.63, 3.8) is 0 Å². The number of ether oxygens (including phenoxy) is 3. The minimum atomic E-state index is -0.982. The van der Waals surface area contributed by atoms with Gasteiger partial charge in [-0.05, 0) is 31.2 Å². The van der Waals surface area contributed by atoms with E-state index in [1.165, 1.54) is 6.08 Å². The largest absolute Gasteiger partial charge is 0.462 e. The van der Waals surface area contributed by atoms with Crippen LogP contribution in [0.25, 0.3) is 0 Å². The van der Waals surface area contributed by atoms with E-state index in [9.17, 15) is 19.2 Å². The monoisotopic (exact) mass is 559 g/mol. The molecule has 0 radical (unpaired) electrons. The number of alkyl carbamates (subject to hydrolysis) is 1. The molecule has 0 unspecified atom stereocenters. The normalized spacial score (nSPS) is 15.9. The van der Waals surface area contributed by atoms with Gasteiger partial charge in [0, 0.05) is 19.5 Å². The first-order valence-electron chi connectivity index (χ1n) is 13.5. The van der Waals surface area contributed by atoms with E-state index in [-0.39, 0.29) is 70.3 Å². The van der Waals surface area contributed by atoms with Crippen molar-refractivity contribution >= 4 is 23.9 Å². The van der Waals surface area contributed by atoms with Crippen molar-refractivity contribution in [2.24, 2.45) is 5.92 Å². The Kier molecular flexibility index (Phi) is 15.1. The lowest BCUT2D eigenvalue weighted by Crippen LogP contribution is -2.45. The number of hydrogen-bond donors (Lipinski definition) is 3. The number of nitrogens with zero attached hydrogens (tertiary/aromatic N) is 1. The fourth-order valence-corrected chi connectivity index (χ4v) is 4.30. The highest BCUT2D eigenvalue weighted by Gasteiger charge is 2.35. The van der Waals surface area contributed by atoms with Crippen molar-refractivity contribution in [3.05, 3.63) is 61.2 Å². The molecule has 1 aliphatic heterocycles. The van der Waals surface area contributed by atoms with Gasteiger partial charge in [0.25, 0.3) is 0 Å². The van der Waals surface area contributed by atoms with Crippen LogP contribution in [0.3, 0.4) is 0 Å². The Labute approximate surface area is 235 Å². The molecule has 1 heterocycles. The summed E-state index contributed by atoms with van der Waals surface area (Å²) in [5.74, 6) is -1.73.